The summed E-state index contributed by atoms with van der Waals surface area (Å²) in [6.45, 7) is 2.02. The largest absolute Gasteiger partial charge is 0.497 e. The van der Waals surface area contributed by atoms with Gasteiger partial charge in [-0.15, -0.1) is 11.3 Å². The topological polar surface area (TPSA) is 64.1 Å². The number of hydrogen-bond donors (Lipinski definition) is 1. The van der Waals surface area contributed by atoms with E-state index >= 15 is 0 Å². The van der Waals surface area contributed by atoms with Crippen LogP contribution >= 0.6 is 22.9 Å². The van der Waals surface area contributed by atoms with Crippen molar-refractivity contribution in [3.05, 3.63) is 71.1 Å². The predicted molar refractivity (Wildman–Crippen MR) is 114 cm³/mol. The Balaban J connectivity index is 1.51. The smallest absolute Gasteiger partial charge is 0.267 e. The maximum absolute atomic E-state index is 12.7. The summed E-state index contributed by atoms with van der Waals surface area (Å²) in [4.78, 5) is 18.8. The summed E-state index contributed by atoms with van der Waals surface area (Å²) >= 11 is 2.64. The zero-order chi connectivity index (χ0) is 19.5. The lowest BCUT2D eigenvalue weighted by Crippen LogP contribution is -2.09. The summed E-state index contributed by atoms with van der Waals surface area (Å²) in [6.07, 6.45) is 0. The Labute approximate surface area is 170 Å². The van der Waals surface area contributed by atoms with E-state index in [-0.39, 0.29) is 5.91 Å². The quantitative estimate of drug-likeness (QED) is 0.474. The van der Waals surface area contributed by atoms with Crippen LogP contribution in [0.3, 0.4) is 0 Å². The van der Waals surface area contributed by atoms with Gasteiger partial charge in [0.15, 0.2) is 5.82 Å². The molecule has 0 spiro atoms. The van der Waals surface area contributed by atoms with Crippen LogP contribution in [0.5, 0.6) is 5.75 Å². The number of anilines is 1. The van der Waals surface area contributed by atoms with Crippen molar-refractivity contribution >= 4 is 33.9 Å². The molecule has 28 heavy (non-hydrogen) atoms. The van der Waals surface area contributed by atoms with Gasteiger partial charge < -0.3 is 4.74 Å². The minimum atomic E-state index is -0.173. The first-order valence-corrected chi connectivity index (χ1v) is 10.2. The Bertz CT molecular complexity index is 1100. The zero-order valence-electron chi connectivity index (χ0n) is 15.3. The third-order valence-electron chi connectivity index (χ3n) is 4.17. The van der Waals surface area contributed by atoms with Crippen LogP contribution in [-0.4, -0.2) is 22.4 Å². The maximum atomic E-state index is 12.7. The average Bonchev–Trinajstić information content (AvgIpc) is 3.35. The molecular weight excluding hydrogens is 390 g/mol. The maximum Gasteiger partial charge on any atom is 0.267 e. The number of ether oxygens (including phenoxy) is 1. The van der Waals surface area contributed by atoms with E-state index in [4.69, 9.17) is 4.74 Å². The lowest BCUT2D eigenvalue weighted by Gasteiger charge is -2.00. The highest BCUT2D eigenvalue weighted by Crippen LogP contribution is 2.33. The summed E-state index contributed by atoms with van der Waals surface area (Å²) in [7, 11) is 1.62. The molecule has 0 saturated heterocycles. The number of rotatable bonds is 5. The average molecular weight is 408 g/mol. The lowest BCUT2D eigenvalue weighted by atomic mass is 10.1. The van der Waals surface area contributed by atoms with Gasteiger partial charge in [-0.3, -0.25) is 10.1 Å². The van der Waals surface area contributed by atoms with E-state index in [1.807, 2.05) is 67.6 Å². The lowest BCUT2D eigenvalue weighted by molar-refractivity contribution is 0.103. The van der Waals surface area contributed by atoms with Gasteiger partial charge in [0.2, 0.25) is 5.13 Å². The Hall–Kier alpha value is -3.03. The summed E-state index contributed by atoms with van der Waals surface area (Å²) in [6, 6.07) is 19.5. The SMILES string of the molecule is COc1ccc(-c2nsc(NC(=O)c3cc(C)c(-c4ccccc4)s3)n2)cc1. The molecule has 140 valence electrons. The number of aromatic nitrogens is 2. The third-order valence-corrected chi connectivity index (χ3v) is 6.09. The van der Waals surface area contributed by atoms with Gasteiger partial charge in [-0.2, -0.15) is 9.36 Å². The molecule has 2 aromatic carbocycles. The molecule has 0 fully saturated rings. The van der Waals surface area contributed by atoms with Gasteiger partial charge >= 0.3 is 0 Å². The summed E-state index contributed by atoms with van der Waals surface area (Å²) in [5, 5.41) is 3.33. The molecule has 1 amide bonds. The van der Waals surface area contributed by atoms with Gasteiger partial charge in [0.1, 0.15) is 5.75 Å². The molecule has 0 aliphatic heterocycles. The molecule has 7 heteroatoms. The fourth-order valence-electron chi connectivity index (χ4n) is 2.76. The van der Waals surface area contributed by atoms with Crippen LogP contribution in [0.1, 0.15) is 15.2 Å². The number of methoxy groups -OCH3 is 1. The third kappa shape index (κ3) is 3.81. The van der Waals surface area contributed by atoms with E-state index in [0.29, 0.717) is 15.8 Å². The second kappa shape index (κ2) is 7.92. The Morgan fingerprint density at radius 2 is 1.79 bits per heavy atom. The van der Waals surface area contributed by atoms with E-state index in [2.05, 4.69) is 14.7 Å². The van der Waals surface area contributed by atoms with Crippen molar-refractivity contribution in [3.63, 3.8) is 0 Å². The minimum Gasteiger partial charge on any atom is -0.497 e. The molecular formula is C21H17N3O2S2. The van der Waals surface area contributed by atoms with Crippen molar-refractivity contribution in [1.29, 1.82) is 0 Å². The number of benzene rings is 2. The standard InChI is InChI=1S/C21H17N3O2S2/c1-13-12-17(27-18(13)14-6-4-3-5-7-14)20(25)23-21-22-19(24-28-21)15-8-10-16(26-2)11-9-15/h3-12H,1-2H3,(H,22,23,24,25). The minimum absolute atomic E-state index is 0.173. The Morgan fingerprint density at radius 3 is 2.50 bits per heavy atom. The van der Waals surface area contributed by atoms with Crippen molar-refractivity contribution in [2.75, 3.05) is 12.4 Å². The van der Waals surface area contributed by atoms with Crippen molar-refractivity contribution in [2.45, 2.75) is 6.92 Å². The van der Waals surface area contributed by atoms with Gasteiger partial charge in [-0.1, -0.05) is 30.3 Å². The summed E-state index contributed by atoms with van der Waals surface area (Å²) in [5.74, 6) is 1.18. The van der Waals surface area contributed by atoms with Gasteiger partial charge in [0.05, 0.1) is 12.0 Å². The molecule has 4 rings (SSSR count). The molecule has 2 heterocycles. The van der Waals surface area contributed by atoms with E-state index in [1.54, 1.807) is 7.11 Å². The Morgan fingerprint density at radius 1 is 1.04 bits per heavy atom. The molecule has 4 aromatic rings. The highest BCUT2D eigenvalue weighted by Gasteiger charge is 2.16. The Kier molecular flexibility index (Phi) is 5.18. The normalized spacial score (nSPS) is 10.6. The number of carbonyl (C=O) groups excluding carboxylic acids is 1. The number of aryl methyl sites for hydroxylation is 1. The van der Waals surface area contributed by atoms with E-state index in [9.17, 15) is 4.79 Å². The highest BCUT2D eigenvalue weighted by molar-refractivity contribution is 7.17. The molecule has 0 unspecified atom stereocenters. The van der Waals surface area contributed by atoms with Gasteiger partial charge in [0.25, 0.3) is 5.91 Å². The fraction of sp³-hybridized carbons (Fsp3) is 0.0952. The number of thiophene rings is 1. The molecule has 0 bridgehead atoms. The van der Waals surface area contributed by atoms with Crippen molar-refractivity contribution in [1.82, 2.24) is 9.36 Å². The molecule has 0 aliphatic rings. The molecule has 0 atom stereocenters. The molecule has 2 aromatic heterocycles. The van der Waals surface area contributed by atoms with Crippen LogP contribution < -0.4 is 10.1 Å². The molecule has 0 radical (unpaired) electrons. The van der Waals surface area contributed by atoms with Crippen molar-refractivity contribution < 1.29 is 9.53 Å². The van der Waals surface area contributed by atoms with Crippen LogP contribution in [0.25, 0.3) is 21.8 Å². The van der Waals surface area contributed by atoms with Gasteiger partial charge in [0, 0.05) is 22.0 Å². The molecule has 1 N–H and O–H groups in total. The van der Waals surface area contributed by atoms with Gasteiger partial charge in [-0.05, 0) is 48.4 Å². The first-order valence-electron chi connectivity index (χ1n) is 8.59. The molecule has 0 saturated carbocycles. The predicted octanol–water partition coefficient (Wildman–Crippen LogP) is 5.50. The number of amides is 1. The monoisotopic (exact) mass is 407 g/mol. The second-order valence-corrected chi connectivity index (χ2v) is 7.90. The van der Waals surface area contributed by atoms with E-state index < -0.39 is 0 Å². The second-order valence-electron chi connectivity index (χ2n) is 6.09. The van der Waals surface area contributed by atoms with Crippen LogP contribution in [0.2, 0.25) is 0 Å². The summed E-state index contributed by atoms with van der Waals surface area (Å²) < 4.78 is 9.50. The van der Waals surface area contributed by atoms with Crippen LogP contribution in [0.15, 0.2) is 60.7 Å². The fourth-order valence-corrected chi connectivity index (χ4v) is 4.42. The van der Waals surface area contributed by atoms with Crippen LogP contribution in [0, 0.1) is 6.92 Å². The number of carbonyl (C=O) groups is 1. The number of nitrogens with one attached hydrogen (secondary N) is 1. The zero-order valence-corrected chi connectivity index (χ0v) is 16.9. The van der Waals surface area contributed by atoms with Crippen molar-refractivity contribution in [2.24, 2.45) is 0 Å². The van der Waals surface area contributed by atoms with Crippen LogP contribution in [0.4, 0.5) is 5.13 Å². The number of nitrogens with zero attached hydrogens (tertiary/aromatic N) is 2. The number of hydrogen-bond acceptors (Lipinski definition) is 6. The first-order chi connectivity index (χ1) is 13.6. The molecule has 5 nitrogen and oxygen atoms in total. The van der Waals surface area contributed by atoms with Crippen molar-refractivity contribution in [3.8, 4) is 27.6 Å². The van der Waals surface area contributed by atoms with Gasteiger partial charge in [-0.25, -0.2) is 0 Å². The van der Waals surface area contributed by atoms with E-state index in [0.717, 1.165) is 27.3 Å². The first kappa shape index (κ1) is 18.3. The molecule has 0 aliphatic carbocycles. The highest BCUT2D eigenvalue weighted by atomic mass is 32.1. The summed E-state index contributed by atoms with van der Waals surface area (Å²) in [5.41, 5.74) is 3.06. The van der Waals surface area contributed by atoms with E-state index in [1.165, 1.54) is 22.9 Å². The van der Waals surface area contributed by atoms with Crippen LogP contribution in [-0.2, 0) is 0 Å².